The summed E-state index contributed by atoms with van der Waals surface area (Å²) in [5.74, 6) is 0.478. The number of carbonyl (C=O) groups is 1. The predicted molar refractivity (Wildman–Crippen MR) is 133 cm³/mol. The molecular formula is C24H25BrClN3O4. The van der Waals surface area contributed by atoms with Crippen LogP contribution in [-0.4, -0.2) is 34.6 Å². The maximum Gasteiger partial charge on any atom is 0.344 e. The van der Waals surface area contributed by atoms with Gasteiger partial charge in [-0.2, -0.15) is 9.78 Å². The van der Waals surface area contributed by atoms with Crippen LogP contribution in [0.4, 0.5) is 0 Å². The highest BCUT2D eigenvalue weighted by Gasteiger charge is 2.12. The summed E-state index contributed by atoms with van der Waals surface area (Å²) in [5, 5.41) is 5.36. The third kappa shape index (κ3) is 6.65. The number of esters is 1. The topological polar surface area (TPSA) is 82.8 Å². The van der Waals surface area contributed by atoms with E-state index in [1.54, 1.807) is 38.1 Å². The van der Waals surface area contributed by atoms with Crippen LogP contribution in [0.15, 0.2) is 50.8 Å². The van der Waals surface area contributed by atoms with Gasteiger partial charge in [-0.3, -0.25) is 4.79 Å². The van der Waals surface area contributed by atoms with Gasteiger partial charge in [-0.05, 0) is 56.7 Å². The molecule has 0 bridgehead atoms. The molecule has 0 saturated carbocycles. The molecule has 0 aliphatic heterocycles. The Morgan fingerprint density at radius 2 is 2.06 bits per heavy atom. The van der Waals surface area contributed by atoms with Crippen molar-refractivity contribution in [2.75, 3.05) is 6.61 Å². The zero-order valence-electron chi connectivity index (χ0n) is 18.7. The van der Waals surface area contributed by atoms with Gasteiger partial charge >= 0.3 is 5.97 Å². The third-order valence-corrected chi connectivity index (χ3v) is 5.35. The minimum Gasteiger partial charge on any atom is -0.481 e. The van der Waals surface area contributed by atoms with E-state index in [0.717, 1.165) is 17.3 Å². The van der Waals surface area contributed by atoms with Crippen molar-refractivity contribution < 1.29 is 14.3 Å². The number of unbranched alkanes of at least 4 members (excludes halogenated alkanes) is 1. The molecule has 3 aromatic rings. The molecule has 1 aromatic heterocycles. The fourth-order valence-electron chi connectivity index (χ4n) is 3.12. The molecule has 7 nitrogen and oxygen atoms in total. The molecule has 9 heteroatoms. The number of hydrogen-bond donors (Lipinski definition) is 0. The van der Waals surface area contributed by atoms with Crippen molar-refractivity contribution in [3.05, 3.63) is 67.6 Å². The highest BCUT2D eigenvalue weighted by molar-refractivity contribution is 9.10. The zero-order valence-corrected chi connectivity index (χ0v) is 21.0. The number of benzene rings is 2. The Morgan fingerprint density at radius 1 is 1.27 bits per heavy atom. The third-order valence-electron chi connectivity index (χ3n) is 4.63. The number of hydrogen-bond acceptors (Lipinski definition) is 6. The minimum absolute atomic E-state index is 0.235. The largest absolute Gasteiger partial charge is 0.481 e. The van der Waals surface area contributed by atoms with E-state index in [1.165, 1.54) is 10.9 Å². The van der Waals surface area contributed by atoms with Crippen LogP contribution in [0.5, 0.6) is 5.75 Å². The molecule has 0 saturated heterocycles. The molecule has 0 N–H and O–H groups in total. The molecule has 0 atom stereocenters. The number of carbonyl (C=O) groups excluding carboxylic acids is 1. The highest BCUT2D eigenvalue weighted by Crippen LogP contribution is 2.22. The number of aromatic nitrogens is 2. The maximum absolute atomic E-state index is 13.2. The Hall–Kier alpha value is -2.71. The fourth-order valence-corrected chi connectivity index (χ4v) is 3.66. The lowest BCUT2D eigenvalue weighted by molar-refractivity contribution is -0.149. The normalized spacial score (nSPS) is 11.5. The number of halogens is 2. The summed E-state index contributed by atoms with van der Waals surface area (Å²) in [7, 11) is 0. The molecule has 3 rings (SSSR count). The molecule has 2 aromatic carbocycles. The average molecular weight is 535 g/mol. The zero-order chi connectivity index (χ0) is 24.0. The minimum atomic E-state index is -0.481. The molecular weight excluding hydrogens is 510 g/mol. The lowest BCUT2D eigenvalue weighted by Gasteiger charge is -2.12. The fraction of sp³-hybridized carbons (Fsp3) is 0.333. The Bertz CT molecular complexity index is 1240. The van der Waals surface area contributed by atoms with Gasteiger partial charge < -0.3 is 9.47 Å². The van der Waals surface area contributed by atoms with E-state index in [1.807, 2.05) is 12.1 Å². The summed E-state index contributed by atoms with van der Waals surface area (Å²) in [4.78, 5) is 29.8. The lowest BCUT2D eigenvalue weighted by Crippen LogP contribution is -2.22. The van der Waals surface area contributed by atoms with Gasteiger partial charge in [0.05, 0.1) is 23.2 Å². The highest BCUT2D eigenvalue weighted by atomic mass is 79.9. The maximum atomic E-state index is 13.2. The summed E-state index contributed by atoms with van der Waals surface area (Å²) < 4.78 is 12.8. The molecule has 174 valence electrons. The number of fused-ring (bicyclic) bond motifs is 1. The Kier molecular flexibility index (Phi) is 8.63. The van der Waals surface area contributed by atoms with Crippen LogP contribution in [0.1, 0.15) is 45.0 Å². The van der Waals surface area contributed by atoms with Gasteiger partial charge in [0.1, 0.15) is 11.6 Å². The van der Waals surface area contributed by atoms with Gasteiger partial charge in [-0.25, -0.2) is 9.78 Å². The standard InChI is InChI=1S/C24H25BrClN3O4/c1-4-5-6-22-28-20-9-7-17(25)12-19(20)24(31)29(22)27-13-16-11-18(26)8-10-21(16)32-14-23(30)33-15(2)3/h7-13,15H,4-6,14H2,1-3H3. The number of ether oxygens (including phenoxy) is 2. The Labute approximate surface area is 205 Å². The van der Waals surface area contributed by atoms with Crippen LogP contribution in [-0.2, 0) is 16.0 Å². The first-order valence-corrected chi connectivity index (χ1v) is 11.8. The van der Waals surface area contributed by atoms with Gasteiger partial charge in [-0.15, -0.1) is 0 Å². The van der Waals surface area contributed by atoms with Gasteiger partial charge in [0.25, 0.3) is 5.56 Å². The molecule has 0 unspecified atom stereocenters. The second kappa shape index (κ2) is 11.4. The van der Waals surface area contributed by atoms with Gasteiger partial charge in [0.15, 0.2) is 6.61 Å². The van der Waals surface area contributed by atoms with Crippen molar-refractivity contribution in [2.45, 2.75) is 46.1 Å². The monoisotopic (exact) mass is 533 g/mol. The molecule has 0 aliphatic carbocycles. The summed E-state index contributed by atoms with van der Waals surface area (Å²) in [6, 6.07) is 10.3. The Morgan fingerprint density at radius 3 is 2.79 bits per heavy atom. The summed E-state index contributed by atoms with van der Waals surface area (Å²) in [6.07, 6.45) is 3.68. The van der Waals surface area contributed by atoms with E-state index < -0.39 is 5.97 Å². The van der Waals surface area contributed by atoms with E-state index in [2.05, 4.69) is 32.9 Å². The van der Waals surface area contributed by atoms with Gasteiger partial charge in [0, 0.05) is 21.5 Å². The van der Waals surface area contributed by atoms with E-state index in [4.69, 9.17) is 21.1 Å². The Balaban J connectivity index is 1.99. The molecule has 0 amide bonds. The number of nitrogens with zero attached hydrogens (tertiary/aromatic N) is 3. The summed E-state index contributed by atoms with van der Waals surface area (Å²) in [6.45, 7) is 5.35. The second-order valence-corrected chi connectivity index (χ2v) is 9.02. The number of rotatable bonds is 9. The average Bonchev–Trinajstić information content (AvgIpc) is 2.76. The van der Waals surface area contributed by atoms with Crippen LogP contribution >= 0.6 is 27.5 Å². The van der Waals surface area contributed by atoms with Crippen LogP contribution in [0.3, 0.4) is 0 Å². The van der Waals surface area contributed by atoms with Crippen molar-refractivity contribution >= 4 is 50.6 Å². The molecule has 0 spiro atoms. The molecule has 1 heterocycles. The van der Waals surface area contributed by atoms with E-state index in [9.17, 15) is 9.59 Å². The first-order valence-electron chi connectivity index (χ1n) is 10.7. The van der Waals surface area contributed by atoms with Crippen LogP contribution in [0.2, 0.25) is 5.02 Å². The quantitative estimate of drug-likeness (QED) is 0.272. The van der Waals surface area contributed by atoms with Crippen LogP contribution in [0, 0.1) is 0 Å². The van der Waals surface area contributed by atoms with E-state index in [0.29, 0.717) is 39.5 Å². The molecule has 0 fully saturated rings. The lowest BCUT2D eigenvalue weighted by atomic mass is 10.2. The van der Waals surface area contributed by atoms with E-state index in [-0.39, 0.29) is 18.3 Å². The van der Waals surface area contributed by atoms with Crippen molar-refractivity contribution in [1.82, 2.24) is 9.66 Å². The molecule has 0 radical (unpaired) electrons. The summed E-state index contributed by atoms with van der Waals surface area (Å²) in [5.41, 5.74) is 0.868. The first-order chi connectivity index (χ1) is 15.8. The van der Waals surface area contributed by atoms with Crippen LogP contribution in [0.25, 0.3) is 10.9 Å². The van der Waals surface area contributed by atoms with Crippen molar-refractivity contribution in [3.63, 3.8) is 0 Å². The predicted octanol–water partition coefficient (Wildman–Crippen LogP) is 5.37. The van der Waals surface area contributed by atoms with Crippen molar-refractivity contribution in [1.29, 1.82) is 0 Å². The molecule has 0 aliphatic rings. The number of aryl methyl sites for hydroxylation is 1. The molecule has 33 heavy (non-hydrogen) atoms. The van der Waals surface area contributed by atoms with E-state index >= 15 is 0 Å². The second-order valence-electron chi connectivity index (χ2n) is 7.66. The van der Waals surface area contributed by atoms with Crippen LogP contribution < -0.4 is 10.3 Å². The van der Waals surface area contributed by atoms with Crippen molar-refractivity contribution in [2.24, 2.45) is 5.10 Å². The first kappa shape index (κ1) is 24.9. The van der Waals surface area contributed by atoms with Gasteiger partial charge in [0.2, 0.25) is 0 Å². The van der Waals surface area contributed by atoms with Gasteiger partial charge in [-0.1, -0.05) is 40.9 Å². The summed E-state index contributed by atoms with van der Waals surface area (Å²) >= 11 is 9.57. The smallest absolute Gasteiger partial charge is 0.344 e. The van der Waals surface area contributed by atoms with Crippen molar-refractivity contribution in [3.8, 4) is 5.75 Å². The SMILES string of the molecule is CCCCc1nc2ccc(Br)cc2c(=O)n1N=Cc1cc(Cl)ccc1OCC(=O)OC(C)C.